The summed E-state index contributed by atoms with van der Waals surface area (Å²) in [4.78, 5) is 15.8. The van der Waals surface area contributed by atoms with Crippen molar-refractivity contribution >= 4 is 14.3 Å². The Bertz CT molecular complexity index is 764. The van der Waals surface area contributed by atoms with Crippen molar-refractivity contribution in [2.24, 2.45) is 0 Å². The van der Waals surface area contributed by atoms with Crippen LogP contribution in [0.5, 0.6) is 0 Å². The molecule has 0 bridgehead atoms. The molecule has 186 valence electrons. The number of carbonyl (C=O) groups is 1. The number of nitrogens with zero attached hydrogens (tertiary/aromatic N) is 1. The van der Waals surface area contributed by atoms with E-state index in [1.54, 1.807) is 30.6 Å². The Morgan fingerprint density at radius 3 is 2.64 bits per heavy atom. The van der Waals surface area contributed by atoms with Crippen LogP contribution >= 0.6 is 0 Å². The third-order valence-corrected chi connectivity index (χ3v) is 10.9. The van der Waals surface area contributed by atoms with E-state index in [9.17, 15) is 9.90 Å². The highest BCUT2D eigenvalue weighted by atomic mass is 28.4. The SMILES string of the molecule is C[C@H](CC/C=C/C(=O)OCc1ccncc1)O[C@@H]1O[C@@H](C)C(O[Si](C)(C)C(C)(C)C)C[C@H]1O. The number of aromatic nitrogens is 1. The molecule has 1 aromatic rings. The molecular weight excluding hydrogens is 438 g/mol. The third kappa shape index (κ3) is 8.94. The summed E-state index contributed by atoms with van der Waals surface area (Å²) in [6.07, 6.45) is 6.53. The first kappa shape index (κ1) is 27.7. The average molecular weight is 480 g/mol. The molecule has 0 aliphatic carbocycles. The highest BCUT2D eigenvalue weighted by molar-refractivity contribution is 6.74. The zero-order valence-electron chi connectivity index (χ0n) is 21.1. The number of rotatable bonds is 10. The summed E-state index contributed by atoms with van der Waals surface area (Å²) in [5, 5.41) is 10.7. The zero-order valence-corrected chi connectivity index (χ0v) is 22.1. The lowest BCUT2D eigenvalue weighted by molar-refractivity contribution is -0.271. The molecule has 1 saturated heterocycles. The Balaban J connectivity index is 1.72. The summed E-state index contributed by atoms with van der Waals surface area (Å²) in [5.74, 6) is -0.381. The summed E-state index contributed by atoms with van der Waals surface area (Å²) in [7, 11) is -1.95. The van der Waals surface area contributed by atoms with Gasteiger partial charge in [0.2, 0.25) is 0 Å². The molecule has 1 aromatic heterocycles. The first-order chi connectivity index (χ1) is 15.4. The maximum atomic E-state index is 11.8. The molecule has 5 atom stereocenters. The topological polar surface area (TPSA) is 87.1 Å². The maximum Gasteiger partial charge on any atom is 0.330 e. The first-order valence-corrected chi connectivity index (χ1v) is 14.7. The lowest BCUT2D eigenvalue weighted by Crippen LogP contribution is -2.54. The van der Waals surface area contributed by atoms with Gasteiger partial charge in [0.05, 0.1) is 18.3 Å². The fraction of sp³-hybridized carbons (Fsp3) is 0.680. The van der Waals surface area contributed by atoms with Gasteiger partial charge in [-0.2, -0.15) is 0 Å². The molecule has 1 N–H and O–H groups in total. The van der Waals surface area contributed by atoms with E-state index in [0.717, 1.165) is 5.56 Å². The summed E-state index contributed by atoms with van der Waals surface area (Å²) in [5.41, 5.74) is 0.894. The molecule has 1 fully saturated rings. The van der Waals surface area contributed by atoms with Crippen LogP contribution in [0.3, 0.4) is 0 Å². The number of hydrogen-bond acceptors (Lipinski definition) is 7. The van der Waals surface area contributed by atoms with Crippen LogP contribution in [0.2, 0.25) is 18.1 Å². The van der Waals surface area contributed by atoms with Gasteiger partial charge < -0.3 is 23.7 Å². The minimum atomic E-state index is -1.95. The average Bonchev–Trinajstić information content (AvgIpc) is 2.73. The molecule has 0 saturated carbocycles. The number of hydrogen-bond donors (Lipinski definition) is 1. The van der Waals surface area contributed by atoms with E-state index in [2.05, 4.69) is 38.8 Å². The highest BCUT2D eigenvalue weighted by Crippen LogP contribution is 2.39. The van der Waals surface area contributed by atoms with Crippen molar-refractivity contribution < 1.29 is 28.5 Å². The highest BCUT2D eigenvalue weighted by Gasteiger charge is 2.44. The van der Waals surface area contributed by atoms with Crippen LogP contribution in [0.1, 0.15) is 59.4 Å². The minimum Gasteiger partial charge on any atom is -0.458 e. The van der Waals surface area contributed by atoms with Crippen LogP contribution < -0.4 is 0 Å². The van der Waals surface area contributed by atoms with Crippen LogP contribution in [0.15, 0.2) is 36.7 Å². The van der Waals surface area contributed by atoms with Gasteiger partial charge in [-0.05, 0) is 62.5 Å². The van der Waals surface area contributed by atoms with Gasteiger partial charge in [0, 0.05) is 24.9 Å². The lowest BCUT2D eigenvalue weighted by atomic mass is 10.0. The van der Waals surface area contributed by atoms with E-state index in [1.165, 1.54) is 6.08 Å². The second-order valence-electron chi connectivity index (χ2n) is 10.3. The number of allylic oxidation sites excluding steroid dienone is 1. The van der Waals surface area contributed by atoms with E-state index in [0.29, 0.717) is 19.3 Å². The predicted molar refractivity (Wildman–Crippen MR) is 130 cm³/mol. The predicted octanol–water partition coefficient (Wildman–Crippen LogP) is 4.75. The van der Waals surface area contributed by atoms with Crippen LogP contribution in [0.25, 0.3) is 0 Å². The fourth-order valence-electron chi connectivity index (χ4n) is 3.24. The van der Waals surface area contributed by atoms with Gasteiger partial charge in [-0.25, -0.2) is 4.79 Å². The zero-order chi connectivity index (χ0) is 24.6. The smallest absolute Gasteiger partial charge is 0.330 e. The van der Waals surface area contributed by atoms with Gasteiger partial charge in [0.15, 0.2) is 14.6 Å². The quantitative estimate of drug-likeness (QED) is 0.294. The van der Waals surface area contributed by atoms with Gasteiger partial charge in [0.25, 0.3) is 0 Å². The Hall–Kier alpha value is -1.58. The molecule has 0 spiro atoms. The van der Waals surface area contributed by atoms with Gasteiger partial charge in [-0.3, -0.25) is 4.98 Å². The van der Waals surface area contributed by atoms with E-state index < -0.39 is 20.7 Å². The first-order valence-electron chi connectivity index (χ1n) is 11.8. The molecule has 2 rings (SSSR count). The van der Waals surface area contributed by atoms with Crippen LogP contribution in [-0.4, -0.2) is 55.1 Å². The van der Waals surface area contributed by atoms with E-state index in [1.807, 2.05) is 13.8 Å². The number of ether oxygens (including phenoxy) is 3. The maximum absolute atomic E-state index is 11.8. The molecule has 7 nitrogen and oxygen atoms in total. The van der Waals surface area contributed by atoms with E-state index >= 15 is 0 Å². The van der Waals surface area contributed by atoms with Crippen LogP contribution in [0.4, 0.5) is 0 Å². The molecule has 0 aromatic carbocycles. The fourth-order valence-corrected chi connectivity index (χ4v) is 4.64. The molecule has 0 radical (unpaired) electrons. The normalized spacial score (nSPS) is 25.2. The number of pyridine rings is 1. The van der Waals surface area contributed by atoms with E-state index in [4.69, 9.17) is 18.6 Å². The van der Waals surface area contributed by atoms with Gasteiger partial charge in [-0.1, -0.05) is 26.8 Å². The van der Waals surface area contributed by atoms with Crippen molar-refractivity contribution in [3.05, 3.63) is 42.2 Å². The second kappa shape index (κ2) is 12.2. The third-order valence-electron chi connectivity index (χ3n) is 6.40. The second-order valence-corrected chi connectivity index (χ2v) is 15.1. The number of carbonyl (C=O) groups excluding carboxylic acids is 1. The van der Waals surface area contributed by atoms with Gasteiger partial charge in [-0.15, -0.1) is 0 Å². The number of esters is 1. The van der Waals surface area contributed by atoms with Crippen molar-refractivity contribution in [2.45, 2.75) is 109 Å². The molecule has 2 heterocycles. The monoisotopic (exact) mass is 479 g/mol. The van der Waals surface area contributed by atoms with Crippen molar-refractivity contribution in [3.63, 3.8) is 0 Å². The summed E-state index contributed by atoms with van der Waals surface area (Å²) in [6.45, 7) is 15.2. The molecule has 1 aliphatic heterocycles. The Kier molecular flexibility index (Phi) is 10.2. The standard InChI is InChI=1S/C25H41NO6Si/c1-18(10-8-9-11-23(28)29-17-20-12-14-26-15-13-20)30-24-21(27)16-22(19(2)31-24)32-33(6,7)25(3,4)5/h9,11-15,18-19,21-22,24,27H,8,10,16-17H2,1-7H3/b11-9+/t18-,19+,21-,22?,24-/m1/s1. The van der Waals surface area contributed by atoms with Gasteiger partial charge in [0.1, 0.15) is 12.7 Å². The largest absolute Gasteiger partial charge is 0.458 e. The number of aliphatic hydroxyl groups excluding tert-OH is 1. The minimum absolute atomic E-state index is 0.0957. The lowest BCUT2D eigenvalue weighted by Gasteiger charge is -2.45. The molecule has 8 heteroatoms. The Morgan fingerprint density at radius 2 is 2.00 bits per heavy atom. The summed E-state index contributed by atoms with van der Waals surface area (Å²) < 4.78 is 23.6. The molecule has 1 unspecified atom stereocenters. The van der Waals surface area contributed by atoms with Crippen molar-refractivity contribution in [1.29, 1.82) is 0 Å². The van der Waals surface area contributed by atoms with E-state index in [-0.39, 0.29) is 35.9 Å². The summed E-state index contributed by atoms with van der Waals surface area (Å²) in [6, 6.07) is 3.61. The van der Waals surface area contributed by atoms with Crippen LogP contribution in [0, 0.1) is 0 Å². The molecular formula is C25H41NO6Si. The van der Waals surface area contributed by atoms with Gasteiger partial charge >= 0.3 is 5.97 Å². The van der Waals surface area contributed by atoms with Crippen molar-refractivity contribution in [3.8, 4) is 0 Å². The molecule has 0 amide bonds. The molecule has 33 heavy (non-hydrogen) atoms. The van der Waals surface area contributed by atoms with Crippen molar-refractivity contribution in [2.75, 3.05) is 0 Å². The summed E-state index contributed by atoms with van der Waals surface area (Å²) >= 11 is 0. The Morgan fingerprint density at radius 1 is 1.33 bits per heavy atom. The van der Waals surface area contributed by atoms with Crippen LogP contribution in [-0.2, 0) is 30.0 Å². The Labute approximate surface area is 199 Å². The number of aliphatic hydroxyl groups is 1. The molecule has 1 aliphatic rings. The van der Waals surface area contributed by atoms with Crippen molar-refractivity contribution in [1.82, 2.24) is 4.98 Å².